The lowest BCUT2D eigenvalue weighted by Gasteiger charge is -2.24. The number of rotatable bonds is 8. The van der Waals surface area contributed by atoms with Crippen molar-refractivity contribution < 1.29 is 24.6 Å². The minimum Gasteiger partial charge on any atom is -0.480 e. The van der Waals surface area contributed by atoms with E-state index in [1.807, 2.05) is 51.1 Å². The maximum atomic E-state index is 12.9. The molecule has 0 unspecified atom stereocenters. The minimum atomic E-state index is -1.17. The topological polar surface area (TPSA) is 119 Å². The van der Waals surface area contributed by atoms with Crippen LogP contribution in [0.2, 0.25) is 0 Å². The Hall–Kier alpha value is -2.39. The normalized spacial score (nSPS) is 18.8. The largest absolute Gasteiger partial charge is 0.480 e. The van der Waals surface area contributed by atoms with Crippen molar-refractivity contribution in [2.24, 2.45) is 10.5 Å². The van der Waals surface area contributed by atoms with Gasteiger partial charge >= 0.3 is 11.9 Å². The van der Waals surface area contributed by atoms with Gasteiger partial charge in [0.05, 0.1) is 6.04 Å². The first-order valence-corrected chi connectivity index (χ1v) is 10.2. The third-order valence-electron chi connectivity index (χ3n) is 4.41. The minimum absolute atomic E-state index is 0.296. The molecule has 3 N–H and O–H groups in total. The van der Waals surface area contributed by atoms with Gasteiger partial charge in [-0.05, 0) is 25.3 Å². The molecule has 2 rings (SSSR count). The highest BCUT2D eigenvalue weighted by Crippen LogP contribution is 2.35. The van der Waals surface area contributed by atoms with E-state index in [4.69, 9.17) is 0 Å². The van der Waals surface area contributed by atoms with Gasteiger partial charge in [-0.1, -0.05) is 62.9 Å². The second kappa shape index (κ2) is 9.41. The van der Waals surface area contributed by atoms with E-state index in [1.54, 1.807) is 0 Å². The Balaban J connectivity index is 2.08. The van der Waals surface area contributed by atoms with Gasteiger partial charge in [-0.15, -0.1) is 0 Å². The molecule has 0 bridgehead atoms. The van der Waals surface area contributed by atoms with Crippen LogP contribution in [0, 0.1) is 5.41 Å². The summed E-state index contributed by atoms with van der Waals surface area (Å²) in [5.41, 5.74) is 0.601. The zero-order valence-electron chi connectivity index (χ0n) is 17.0. The first kappa shape index (κ1) is 22.9. The Morgan fingerprint density at radius 3 is 2.34 bits per heavy atom. The van der Waals surface area contributed by atoms with E-state index in [0.29, 0.717) is 17.9 Å². The third-order valence-corrected chi connectivity index (χ3v) is 5.95. The highest BCUT2D eigenvalue weighted by Gasteiger charge is 2.42. The van der Waals surface area contributed by atoms with Gasteiger partial charge in [-0.2, -0.15) is 5.10 Å². The number of carboxylic acid groups (broad SMARTS) is 2. The lowest BCUT2D eigenvalue weighted by molar-refractivity contribution is -0.147. The predicted octanol–water partition coefficient (Wildman–Crippen LogP) is 2.40. The van der Waals surface area contributed by atoms with Crippen LogP contribution in [0.4, 0.5) is 0 Å². The van der Waals surface area contributed by atoms with Crippen LogP contribution in [0.1, 0.15) is 39.7 Å². The monoisotopic (exact) mass is 421 g/mol. The number of hydrogen-bond donors (Lipinski definition) is 3. The summed E-state index contributed by atoms with van der Waals surface area (Å²) >= 11 is 1.02. The van der Waals surface area contributed by atoms with E-state index in [2.05, 4.69) is 10.4 Å². The Kier molecular flexibility index (Phi) is 7.43. The van der Waals surface area contributed by atoms with Gasteiger partial charge in [0.15, 0.2) is 0 Å². The molecule has 0 spiro atoms. The molecule has 158 valence electrons. The van der Waals surface area contributed by atoms with Gasteiger partial charge in [-0.25, -0.2) is 9.80 Å². The predicted molar refractivity (Wildman–Crippen MR) is 112 cm³/mol. The Bertz CT molecular complexity index is 791. The van der Waals surface area contributed by atoms with Gasteiger partial charge in [-0.3, -0.25) is 14.9 Å². The zero-order chi connectivity index (χ0) is 21.8. The number of hydrazone groups is 1. The fourth-order valence-corrected chi connectivity index (χ4v) is 3.83. The van der Waals surface area contributed by atoms with Crippen molar-refractivity contribution in [2.75, 3.05) is 0 Å². The number of hydrogen-bond acceptors (Lipinski definition) is 6. The molecule has 1 aromatic carbocycles. The van der Waals surface area contributed by atoms with Crippen LogP contribution in [-0.4, -0.2) is 55.6 Å². The number of aliphatic carboxylic acids is 2. The summed E-state index contributed by atoms with van der Waals surface area (Å²) in [6.45, 7) is 7.18. The number of thioether (sulfide) groups is 1. The Labute approximate surface area is 174 Å². The number of nitrogens with one attached hydrogen (secondary N) is 1. The summed E-state index contributed by atoms with van der Waals surface area (Å²) in [5.74, 6) is -2.81. The quantitative estimate of drug-likeness (QED) is 0.589. The van der Waals surface area contributed by atoms with Gasteiger partial charge in [0.2, 0.25) is 5.37 Å². The van der Waals surface area contributed by atoms with E-state index in [-0.39, 0.29) is 0 Å². The van der Waals surface area contributed by atoms with Gasteiger partial charge < -0.3 is 10.2 Å². The van der Waals surface area contributed by atoms with Crippen LogP contribution < -0.4 is 5.32 Å². The van der Waals surface area contributed by atoms with Crippen molar-refractivity contribution in [1.82, 2.24) is 10.3 Å². The molecule has 29 heavy (non-hydrogen) atoms. The first-order valence-electron chi connectivity index (χ1n) is 9.35. The van der Waals surface area contributed by atoms with Crippen molar-refractivity contribution >= 4 is 34.7 Å². The van der Waals surface area contributed by atoms with E-state index in [0.717, 1.165) is 22.3 Å². The summed E-state index contributed by atoms with van der Waals surface area (Å²) < 4.78 is 0. The molecule has 1 aliphatic heterocycles. The average molecular weight is 422 g/mol. The molecule has 8 nitrogen and oxygen atoms in total. The van der Waals surface area contributed by atoms with Crippen LogP contribution in [0.15, 0.2) is 35.4 Å². The van der Waals surface area contributed by atoms with Crippen LogP contribution in [0.5, 0.6) is 0 Å². The molecular formula is C20H27N3O5S. The molecular weight excluding hydrogens is 394 g/mol. The number of amides is 1. The smallest absolute Gasteiger partial charge is 0.339 e. The summed E-state index contributed by atoms with van der Waals surface area (Å²) in [5, 5.41) is 26.4. The number of carbonyl (C=O) groups excluding carboxylic acids is 1. The maximum absolute atomic E-state index is 12.9. The molecule has 0 fully saturated rings. The number of carboxylic acids is 2. The molecule has 0 saturated carbocycles. The number of benzene rings is 1. The van der Waals surface area contributed by atoms with Crippen LogP contribution in [-0.2, 0) is 20.8 Å². The van der Waals surface area contributed by atoms with Crippen molar-refractivity contribution in [3.8, 4) is 0 Å². The standard InChI is InChI=1S/C20H27N3O5S/c1-12(21-14(17(25)26)11-10-13-8-6-5-7-9-13)15(24)23-16(18(27)28)29-19(22-23)20(2,3)4/h5-9,12,14,16,21H,10-11H2,1-4H3,(H,25,26)(H,27,28)/t12-,14-,16+/m1/s1. The fourth-order valence-electron chi connectivity index (χ4n) is 2.78. The molecule has 9 heteroatoms. The highest BCUT2D eigenvalue weighted by molar-refractivity contribution is 8.15. The molecule has 0 aliphatic carbocycles. The molecule has 1 heterocycles. The van der Waals surface area contributed by atoms with Crippen LogP contribution in [0.25, 0.3) is 0 Å². The number of aryl methyl sites for hydroxylation is 1. The second-order valence-electron chi connectivity index (χ2n) is 7.95. The van der Waals surface area contributed by atoms with Crippen LogP contribution in [0.3, 0.4) is 0 Å². The molecule has 1 aromatic rings. The maximum Gasteiger partial charge on any atom is 0.339 e. The first-order chi connectivity index (χ1) is 13.5. The zero-order valence-corrected chi connectivity index (χ0v) is 17.8. The highest BCUT2D eigenvalue weighted by atomic mass is 32.2. The van der Waals surface area contributed by atoms with E-state index in [9.17, 15) is 24.6 Å². The summed E-state index contributed by atoms with van der Waals surface area (Å²) in [6, 6.07) is 7.62. The second-order valence-corrected chi connectivity index (χ2v) is 9.02. The third kappa shape index (κ3) is 6.04. The fraction of sp³-hybridized carbons (Fsp3) is 0.500. The molecule has 0 aromatic heterocycles. The van der Waals surface area contributed by atoms with Crippen molar-refractivity contribution in [2.45, 2.75) is 58.0 Å². The molecule has 0 saturated heterocycles. The molecule has 1 aliphatic rings. The Morgan fingerprint density at radius 1 is 1.21 bits per heavy atom. The van der Waals surface area contributed by atoms with Crippen molar-refractivity contribution in [1.29, 1.82) is 0 Å². The van der Waals surface area contributed by atoms with E-state index >= 15 is 0 Å². The van der Waals surface area contributed by atoms with Crippen molar-refractivity contribution in [3.63, 3.8) is 0 Å². The van der Waals surface area contributed by atoms with Gasteiger partial charge in [0, 0.05) is 5.41 Å². The molecule has 3 atom stereocenters. The Morgan fingerprint density at radius 2 is 1.83 bits per heavy atom. The molecule has 1 amide bonds. The van der Waals surface area contributed by atoms with E-state index < -0.39 is 40.7 Å². The molecule has 0 radical (unpaired) electrons. The van der Waals surface area contributed by atoms with Gasteiger partial charge in [0.1, 0.15) is 11.1 Å². The summed E-state index contributed by atoms with van der Waals surface area (Å²) in [7, 11) is 0. The van der Waals surface area contributed by atoms with Gasteiger partial charge in [0.25, 0.3) is 5.91 Å². The average Bonchev–Trinajstić information content (AvgIpc) is 3.11. The van der Waals surface area contributed by atoms with Crippen LogP contribution >= 0.6 is 11.8 Å². The lowest BCUT2D eigenvalue weighted by Crippen LogP contribution is -2.51. The number of carbonyl (C=O) groups is 3. The summed E-state index contributed by atoms with van der Waals surface area (Å²) in [4.78, 5) is 36.1. The van der Waals surface area contributed by atoms with Crippen molar-refractivity contribution in [3.05, 3.63) is 35.9 Å². The number of nitrogens with zero attached hydrogens (tertiary/aromatic N) is 2. The summed E-state index contributed by atoms with van der Waals surface area (Å²) in [6.07, 6.45) is 0.833. The SMILES string of the molecule is C[C@@H](N[C@H](CCc1ccccc1)C(=O)O)C(=O)N1N=C(C(C)(C)C)S[C@H]1C(=O)O. The lowest BCUT2D eigenvalue weighted by atomic mass is 9.99. The van der Waals surface area contributed by atoms with E-state index in [1.165, 1.54) is 6.92 Å².